The van der Waals surface area contributed by atoms with Crippen molar-refractivity contribution in [3.05, 3.63) is 41.3 Å². The molecule has 5 heteroatoms. The van der Waals surface area contributed by atoms with Crippen LogP contribution in [0.15, 0.2) is 24.4 Å². The second-order valence-electron chi connectivity index (χ2n) is 6.50. The highest BCUT2D eigenvalue weighted by Crippen LogP contribution is 2.29. The van der Waals surface area contributed by atoms with Crippen molar-refractivity contribution in [2.45, 2.75) is 45.1 Å². The summed E-state index contributed by atoms with van der Waals surface area (Å²) in [4.78, 5) is 6.63. The van der Waals surface area contributed by atoms with E-state index in [-0.39, 0.29) is 0 Å². The fourth-order valence-corrected chi connectivity index (χ4v) is 3.09. The predicted molar refractivity (Wildman–Crippen MR) is 88.6 cm³/mol. The zero-order valence-corrected chi connectivity index (χ0v) is 13.4. The smallest absolute Gasteiger partial charge is 0.127 e. The molecule has 5 nitrogen and oxygen atoms in total. The minimum atomic E-state index is 0.485. The lowest BCUT2D eigenvalue weighted by Crippen LogP contribution is -2.32. The highest BCUT2D eigenvalue weighted by Gasteiger charge is 2.23. The van der Waals surface area contributed by atoms with Crippen molar-refractivity contribution < 1.29 is 0 Å². The van der Waals surface area contributed by atoms with Crippen molar-refractivity contribution in [2.75, 3.05) is 18.8 Å². The van der Waals surface area contributed by atoms with Gasteiger partial charge in [0, 0.05) is 29.9 Å². The molecule has 0 bridgehead atoms. The van der Waals surface area contributed by atoms with E-state index in [4.69, 9.17) is 5.73 Å². The van der Waals surface area contributed by atoms with Crippen LogP contribution in [0.2, 0.25) is 0 Å². The van der Waals surface area contributed by atoms with E-state index in [1.54, 1.807) is 6.20 Å². The molecule has 0 unspecified atom stereocenters. The van der Waals surface area contributed by atoms with Gasteiger partial charge in [0.1, 0.15) is 5.82 Å². The number of likely N-dealkylation sites (tertiary alicyclic amines) is 1. The van der Waals surface area contributed by atoms with E-state index in [0.717, 1.165) is 25.2 Å². The number of piperidine rings is 1. The van der Waals surface area contributed by atoms with Crippen molar-refractivity contribution in [1.82, 2.24) is 20.1 Å². The predicted octanol–water partition coefficient (Wildman–Crippen LogP) is 2.89. The Labute approximate surface area is 131 Å². The third kappa shape index (κ3) is 3.30. The van der Waals surface area contributed by atoms with Crippen molar-refractivity contribution in [3.8, 4) is 0 Å². The quantitative estimate of drug-likeness (QED) is 0.910. The number of aromatic amines is 1. The Morgan fingerprint density at radius 2 is 2.14 bits per heavy atom. The molecule has 3 heterocycles. The van der Waals surface area contributed by atoms with Crippen molar-refractivity contribution >= 4 is 5.82 Å². The number of pyridine rings is 1. The minimum Gasteiger partial charge on any atom is -0.383 e. The van der Waals surface area contributed by atoms with Crippen LogP contribution in [0.5, 0.6) is 0 Å². The van der Waals surface area contributed by atoms with Gasteiger partial charge in [-0.2, -0.15) is 5.10 Å². The summed E-state index contributed by atoms with van der Waals surface area (Å²) in [5, 5.41) is 7.66. The Morgan fingerprint density at radius 1 is 1.36 bits per heavy atom. The third-order valence-corrected chi connectivity index (χ3v) is 4.56. The molecule has 2 aromatic heterocycles. The number of nitrogens with one attached hydrogen (secondary N) is 1. The Hall–Kier alpha value is -1.88. The lowest BCUT2D eigenvalue weighted by Gasteiger charge is -2.31. The maximum absolute atomic E-state index is 5.94. The Bertz CT molecular complexity index is 611. The molecule has 0 aromatic carbocycles. The number of nitrogens with zero attached hydrogens (tertiary/aromatic N) is 3. The third-order valence-electron chi connectivity index (χ3n) is 4.56. The maximum Gasteiger partial charge on any atom is 0.127 e. The van der Waals surface area contributed by atoms with Gasteiger partial charge in [-0.1, -0.05) is 19.9 Å². The Kier molecular flexibility index (Phi) is 4.43. The van der Waals surface area contributed by atoms with E-state index in [9.17, 15) is 0 Å². The van der Waals surface area contributed by atoms with Gasteiger partial charge in [0.2, 0.25) is 0 Å². The van der Waals surface area contributed by atoms with Crippen molar-refractivity contribution in [2.24, 2.45) is 0 Å². The standard InChI is InChI=1S/C17H25N5/c1-12(2)15-10-16(21-20-15)13-5-8-22(9-6-13)11-14-4-3-7-19-17(14)18/h3-4,7,10,12-13H,5-6,8-9,11H2,1-2H3,(H2,18,19)(H,20,21). The highest BCUT2D eigenvalue weighted by atomic mass is 15.1. The molecule has 3 rings (SSSR count). The lowest BCUT2D eigenvalue weighted by molar-refractivity contribution is 0.203. The van der Waals surface area contributed by atoms with E-state index in [0.29, 0.717) is 17.7 Å². The van der Waals surface area contributed by atoms with Crippen LogP contribution in [0.4, 0.5) is 5.82 Å². The molecule has 2 aromatic rings. The van der Waals surface area contributed by atoms with Gasteiger partial charge in [0.15, 0.2) is 0 Å². The van der Waals surface area contributed by atoms with Crippen LogP contribution >= 0.6 is 0 Å². The molecule has 1 saturated heterocycles. The first-order chi connectivity index (χ1) is 10.6. The zero-order valence-electron chi connectivity index (χ0n) is 13.4. The number of hydrogen-bond donors (Lipinski definition) is 2. The molecule has 0 spiro atoms. The van der Waals surface area contributed by atoms with Crippen LogP contribution in [0.1, 0.15) is 55.5 Å². The van der Waals surface area contributed by atoms with E-state index in [1.807, 2.05) is 6.07 Å². The van der Waals surface area contributed by atoms with Gasteiger partial charge in [0.05, 0.1) is 5.69 Å². The average molecular weight is 299 g/mol. The van der Waals surface area contributed by atoms with Crippen LogP contribution in [0.3, 0.4) is 0 Å². The highest BCUT2D eigenvalue weighted by molar-refractivity contribution is 5.38. The van der Waals surface area contributed by atoms with E-state index < -0.39 is 0 Å². The zero-order chi connectivity index (χ0) is 15.5. The lowest BCUT2D eigenvalue weighted by atomic mass is 9.92. The summed E-state index contributed by atoms with van der Waals surface area (Å²) < 4.78 is 0. The summed E-state index contributed by atoms with van der Waals surface area (Å²) >= 11 is 0. The minimum absolute atomic E-state index is 0.485. The molecular formula is C17H25N5. The largest absolute Gasteiger partial charge is 0.383 e. The Morgan fingerprint density at radius 3 is 2.77 bits per heavy atom. The van der Waals surface area contributed by atoms with Crippen LogP contribution in [-0.2, 0) is 6.54 Å². The van der Waals surface area contributed by atoms with E-state index in [1.165, 1.54) is 24.2 Å². The first-order valence-corrected chi connectivity index (χ1v) is 8.10. The summed E-state index contributed by atoms with van der Waals surface area (Å²) in [6.45, 7) is 7.44. The molecule has 1 aliphatic heterocycles. The molecule has 1 fully saturated rings. The van der Waals surface area contributed by atoms with Crippen molar-refractivity contribution in [1.29, 1.82) is 0 Å². The molecule has 22 heavy (non-hydrogen) atoms. The fraction of sp³-hybridized carbons (Fsp3) is 0.529. The fourth-order valence-electron chi connectivity index (χ4n) is 3.09. The van der Waals surface area contributed by atoms with Gasteiger partial charge < -0.3 is 5.73 Å². The maximum atomic E-state index is 5.94. The number of anilines is 1. The van der Waals surface area contributed by atoms with Crippen LogP contribution in [-0.4, -0.2) is 33.2 Å². The summed E-state index contributed by atoms with van der Waals surface area (Å²) in [5.74, 6) is 1.74. The summed E-state index contributed by atoms with van der Waals surface area (Å²) in [6.07, 6.45) is 4.08. The van der Waals surface area contributed by atoms with Crippen LogP contribution < -0.4 is 5.73 Å². The monoisotopic (exact) mass is 299 g/mol. The van der Waals surface area contributed by atoms with E-state index in [2.05, 4.69) is 46.1 Å². The normalized spacial score (nSPS) is 17.2. The summed E-state index contributed by atoms with van der Waals surface area (Å²) in [7, 11) is 0. The second kappa shape index (κ2) is 6.48. The van der Waals surface area contributed by atoms with Gasteiger partial charge in [-0.15, -0.1) is 0 Å². The molecule has 0 atom stereocenters. The number of rotatable bonds is 4. The number of nitrogens with two attached hydrogens (primary N) is 1. The van der Waals surface area contributed by atoms with Crippen LogP contribution in [0, 0.1) is 0 Å². The molecule has 118 valence electrons. The number of H-pyrrole nitrogens is 1. The van der Waals surface area contributed by atoms with Gasteiger partial charge in [-0.25, -0.2) is 4.98 Å². The topological polar surface area (TPSA) is 70.8 Å². The number of nitrogen functional groups attached to an aromatic ring is 1. The van der Waals surface area contributed by atoms with Gasteiger partial charge in [-0.3, -0.25) is 10.00 Å². The molecule has 1 aliphatic rings. The summed E-state index contributed by atoms with van der Waals surface area (Å²) in [5.41, 5.74) is 9.53. The van der Waals surface area contributed by atoms with E-state index >= 15 is 0 Å². The van der Waals surface area contributed by atoms with Crippen LogP contribution in [0.25, 0.3) is 0 Å². The first kappa shape index (κ1) is 15.0. The first-order valence-electron chi connectivity index (χ1n) is 8.10. The van der Waals surface area contributed by atoms with Gasteiger partial charge in [-0.05, 0) is 44.0 Å². The molecular weight excluding hydrogens is 274 g/mol. The Balaban J connectivity index is 1.57. The molecule has 0 saturated carbocycles. The molecule has 0 amide bonds. The molecule has 0 aliphatic carbocycles. The molecule has 0 radical (unpaired) electrons. The molecule has 3 N–H and O–H groups in total. The average Bonchev–Trinajstić information content (AvgIpc) is 3.00. The van der Waals surface area contributed by atoms with Crippen molar-refractivity contribution in [3.63, 3.8) is 0 Å². The van der Waals surface area contributed by atoms with Gasteiger partial charge >= 0.3 is 0 Å². The second-order valence-corrected chi connectivity index (χ2v) is 6.50. The van der Waals surface area contributed by atoms with Gasteiger partial charge in [0.25, 0.3) is 0 Å². The number of hydrogen-bond acceptors (Lipinski definition) is 4. The SMILES string of the molecule is CC(C)c1cc(C2CCN(Cc3cccnc3N)CC2)[nH]n1. The number of aromatic nitrogens is 3. The summed E-state index contributed by atoms with van der Waals surface area (Å²) in [6, 6.07) is 6.26.